The van der Waals surface area contributed by atoms with E-state index < -0.39 is 0 Å². The van der Waals surface area contributed by atoms with Crippen molar-refractivity contribution in [2.75, 3.05) is 7.11 Å². The molecule has 3 rings (SSSR count). The number of carbonyl (C=O) groups is 1. The first kappa shape index (κ1) is 18.7. The van der Waals surface area contributed by atoms with Gasteiger partial charge in [-0.1, -0.05) is 29.8 Å². The Kier molecular flexibility index (Phi) is 6.28. The molecule has 27 heavy (non-hydrogen) atoms. The second-order valence-electron chi connectivity index (χ2n) is 5.83. The van der Waals surface area contributed by atoms with Gasteiger partial charge in [-0.3, -0.25) is 9.78 Å². The van der Waals surface area contributed by atoms with Gasteiger partial charge in [-0.2, -0.15) is 0 Å². The number of ether oxygens (including phenoxy) is 2. The van der Waals surface area contributed by atoms with Crippen LogP contribution in [0, 0.1) is 0 Å². The van der Waals surface area contributed by atoms with Crippen LogP contribution in [-0.2, 0) is 13.2 Å². The van der Waals surface area contributed by atoms with Gasteiger partial charge in [0.15, 0.2) is 11.5 Å². The van der Waals surface area contributed by atoms with Crippen molar-refractivity contribution in [3.05, 3.63) is 88.7 Å². The average molecular weight is 383 g/mol. The van der Waals surface area contributed by atoms with Crippen LogP contribution in [0.4, 0.5) is 0 Å². The molecule has 1 amide bonds. The van der Waals surface area contributed by atoms with Crippen LogP contribution in [0.15, 0.2) is 67.0 Å². The molecule has 0 saturated carbocycles. The summed E-state index contributed by atoms with van der Waals surface area (Å²) in [4.78, 5) is 16.3. The molecule has 0 aliphatic carbocycles. The Balaban J connectivity index is 1.62. The van der Waals surface area contributed by atoms with Crippen molar-refractivity contribution in [3.63, 3.8) is 0 Å². The Hall–Kier alpha value is -3.05. The zero-order chi connectivity index (χ0) is 19.1. The van der Waals surface area contributed by atoms with E-state index in [1.807, 2.05) is 30.3 Å². The van der Waals surface area contributed by atoms with Crippen LogP contribution in [0.1, 0.15) is 21.5 Å². The highest BCUT2D eigenvalue weighted by molar-refractivity contribution is 6.30. The summed E-state index contributed by atoms with van der Waals surface area (Å²) in [7, 11) is 1.58. The Labute approximate surface area is 162 Å². The first-order valence-corrected chi connectivity index (χ1v) is 8.76. The molecule has 0 aliphatic heterocycles. The van der Waals surface area contributed by atoms with E-state index in [-0.39, 0.29) is 5.91 Å². The molecular formula is C21H19ClN2O3. The van der Waals surface area contributed by atoms with Crippen molar-refractivity contribution in [3.8, 4) is 11.5 Å². The minimum atomic E-state index is -0.187. The first-order valence-electron chi connectivity index (χ1n) is 8.38. The predicted octanol–water partition coefficient (Wildman–Crippen LogP) is 4.25. The van der Waals surface area contributed by atoms with Gasteiger partial charge in [0.05, 0.1) is 7.11 Å². The van der Waals surface area contributed by atoms with Gasteiger partial charge in [0, 0.05) is 35.1 Å². The molecule has 1 N–H and O–H groups in total. The van der Waals surface area contributed by atoms with Crippen molar-refractivity contribution in [2.24, 2.45) is 0 Å². The van der Waals surface area contributed by atoms with E-state index in [0.717, 1.165) is 11.1 Å². The van der Waals surface area contributed by atoms with Gasteiger partial charge in [-0.25, -0.2) is 0 Å². The standard InChI is InChI=1S/C21H19ClN2O3/c1-26-20-10-15(13-24-21(25)17-5-2-6-18(22)11-17)7-8-19(20)27-14-16-4-3-9-23-12-16/h2-12H,13-14H2,1H3,(H,24,25). The van der Waals surface area contributed by atoms with Crippen LogP contribution in [-0.4, -0.2) is 18.0 Å². The monoisotopic (exact) mass is 382 g/mol. The molecule has 0 bridgehead atoms. The number of amides is 1. The number of hydrogen-bond acceptors (Lipinski definition) is 4. The van der Waals surface area contributed by atoms with Gasteiger partial charge in [-0.15, -0.1) is 0 Å². The number of hydrogen-bond donors (Lipinski definition) is 1. The number of halogens is 1. The Morgan fingerprint density at radius 3 is 2.70 bits per heavy atom. The minimum Gasteiger partial charge on any atom is -0.493 e. The second-order valence-corrected chi connectivity index (χ2v) is 6.26. The highest BCUT2D eigenvalue weighted by Crippen LogP contribution is 2.28. The van der Waals surface area contributed by atoms with Crippen LogP contribution in [0.2, 0.25) is 5.02 Å². The largest absolute Gasteiger partial charge is 0.493 e. The van der Waals surface area contributed by atoms with Crippen molar-refractivity contribution >= 4 is 17.5 Å². The lowest BCUT2D eigenvalue weighted by atomic mass is 10.1. The molecular weight excluding hydrogens is 364 g/mol. The fourth-order valence-corrected chi connectivity index (χ4v) is 2.69. The zero-order valence-electron chi connectivity index (χ0n) is 14.8. The van der Waals surface area contributed by atoms with Gasteiger partial charge >= 0.3 is 0 Å². The third kappa shape index (κ3) is 5.21. The lowest BCUT2D eigenvalue weighted by molar-refractivity contribution is 0.0951. The summed E-state index contributed by atoms with van der Waals surface area (Å²) < 4.78 is 11.2. The van der Waals surface area contributed by atoms with E-state index in [0.29, 0.717) is 35.2 Å². The van der Waals surface area contributed by atoms with Crippen molar-refractivity contribution in [1.29, 1.82) is 0 Å². The third-order valence-corrected chi connectivity index (χ3v) is 4.12. The molecule has 0 radical (unpaired) electrons. The van der Waals surface area contributed by atoms with Crippen LogP contribution in [0.25, 0.3) is 0 Å². The SMILES string of the molecule is COc1cc(CNC(=O)c2cccc(Cl)c2)ccc1OCc1cccnc1. The molecule has 0 spiro atoms. The topological polar surface area (TPSA) is 60.5 Å². The smallest absolute Gasteiger partial charge is 0.251 e. The number of carbonyl (C=O) groups excluding carboxylic acids is 1. The molecule has 6 heteroatoms. The summed E-state index contributed by atoms with van der Waals surface area (Å²) in [5.74, 6) is 1.05. The fraction of sp³-hybridized carbons (Fsp3) is 0.143. The summed E-state index contributed by atoms with van der Waals surface area (Å²) in [6.45, 7) is 0.764. The van der Waals surface area contributed by atoms with Gasteiger partial charge in [0.2, 0.25) is 0 Å². The van der Waals surface area contributed by atoms with E-state index >= 15 is 0 Å². The number of benzene rings is 2. The van der Waals surface area contributed by atoms with E-state index in [2.05, 4.69) is 10.3 Å². The van der Waals surface area contributed by atoms with Crippen LogP contribution >= 0.6 is 11.6 Å². The molecule has 0 fully saturated rings. The van der Waals surface area contributed by atoms with Crippen molar-refractivity contribution < 1.29 is 14.3 Å². The number of methoxy groups -OCH3 is 1. The number of pyridine rings is 1. The number of aromatic nitrogens is 1. The summed E-state index contributed by atoms with van der Waals surface area (Å²) in [5, 5.41) is 3.40. The van der Waals surface area contributed by atoms with Crippen LogP contribution in [0.5, 0.6) is 11.5 Å². The zero-order valence-corrected chi connectivity index (χ0v) is 15.6. The summed E-state index contributed by atoms with van der Waals surface area (Å²) in [6.07, 6.45) is 3.47. The fourth-order valence-electron chi connectivity index (χ4n) is 2.50. The summed E-state index contributed by atoms with van der Waals surface area (Å²) >= 11 is 5.92. The lowest BCUT2D eigenvalue weighted by Gasteiger charge is -2.13. The molecule has 1 heterocycles. The highest BCUT2D eigenvalue weighted by Gasteiger charge is 2.09. The third-order valence-electron chi connectivity index (χ3n) is 3.89. The molecule has 0 aliphatic rings. The van der Waals surface area contributed by atoms with E-state index in [1.54, 1.807) is 43.8 Å². The molecule has 1 aromatic heterocycles. The van der Waals surface area contributed by atoms with Crippen molar-refractivity contribution in [1.82, 2.24) is 10.3 Å². The normalized spacial score (nSPS) is 10.3. The Bertz CT molecular complexity index is 916. The molecule has 0 saturated heterocycles. The molecule has 2 aromatic carbocycles. The molecule has 0 unspecified atom stereocenters. The maximum absolute atomic E-state index is 12.2. The minimum absolute atomic E-state index is 0.187. The molecule has 138 valence electrons. The van der Waals surface area contributed by atoms with Gasteiger partial charge in [0.1, 0.15) is 6.61 Å². The summed E-state index contributed by atoms with van der Waals surface area (Å²) in [5.41, 5.74) is 2.39. The molecule has 3 aromatic rings. The first-order chi connectivity index (χ1) is 13.2. The summed E-state index contributed by atoms with van der Waals surface area (Å²) in [6, 6.07) is 16.2. The Morgan fingerprint density at radius 1 is 1.07 bits per heavy atom. The number of nitrogens with zero attached hydrogens (tertiary/aromatic N) is 1. The molecule has 0 atom stereocenters. The van der Waals surface area contributed by atoms with Crippen LogP contribution in [0.3, 0.4) is 0 Å². The van der Waals surface area contributed by atoms with Crippen LogP contribution < -0.4 is 14.8 Å². The predicted molar refractivity (Wildman–Crippen MR) is 104 cm³/mol. The maximum atomic E-state index is 12.2. The molecule has 5 nitrogen and oxygen atoms in total. The second kappa shape index (κ2) is 9.05. The van der Waals surface area contributed by atoms with Gasteiger partial charge in [0.25, 0.3) is 5.91 Å². The van der Waals surface area contributed by atoms with E-state index in [4.69, 9.17) is 21.1 Å². The average Bonchev–Trinajstić information content (AvgIpc) is 2.71. The lowest BCUT2D eigenvalue weighted by Crippen LogP contribution is -2.22. The van der Waals surface area contributed by atoms with E-state index in [9.17, 15) is 4.79 Å². The van der Waals surface area contributed by atoms with E-state index in [1.165, 1.54) is 0 Å². The number of rotatable bonds is 7. The quantitative estimate of drug-likeness (QED) is 0.663. The maximum Gasteiger partial charge on any atom is 0.251 e. The Morgan fingerprint density at radius 2 is 1.96 bits per heavy atom. The van der Waals surface area contributed by atoms with Gasteiger partial charge < -0.3 is 14.8 Å². The van der Waals surface area contributed by atoms with Gasteiger partial charge in [-0.05, 0) is 42.0 Å². The highest BCUT2D eigenvalue weighted by atomic mass is 35.5. The van der Waals surface area contributed by atoms with Crippen molar-refractivity contribution in [2.45, 2.75) is 13.2 Å². The number of nitrogens with one attached hydrogen (secondary N) is 1.